The molecule has 7 nitrogen and oxygen atoms in total. The second kappa shape index (κ2) is 7.58. The molecule has 0 bridgehead atoms. The normalized spacial score (nSPS) is 16.6. The van der Waals surface area contributed by atoms with Gasteiger partial charge in [0.25, 0.3) is 5.91 Å². The number of carbonyl (C=O) groups excluding carboxylic acids is 1. The van der Waals surface area contributed by atoms with Gasteiger partial charge in [-0.3, -0.25) is 9.89 Å². The van der Waals surface area contributed by atoms with Crippen LogP contribution in [0.15, 0.2) is 46.7 Å². The summed E-state index contributed by atoms with van der Waals surface area (Å²) in [6.07, 6.45) is 5.91. The average molecular weight is 382 g/mol. The summed E-state index contributed by atoms with van der Waals surface area (Å²) in [6.45, 7) is 2.99. The van der Waals surface area contributed by atoms with Crippen LogP contribution in [-0.2, 0) is 7.05 Å². The van der Waals surface area contributed by atoms with Gasteiger partial charge >= 0.3 is 0 Å². The van der Waals surface area contributed by atoms with Gasteiger partial charge in [0.05, 0.1) is 5.69 Å². The molecule has 1 aliphatic rings. The molecule has 3 aromatic rings. The Kier molecular flexibility index (Phi) is 5.00. The van der Waals surface area contributed by atoms with Gasteiger partial charge in [0.15, 0.2) is 10.9 Å². The summed E-state index contributed by atoms with van der Waals surface area (Å²) >= 11 is 1.59. The molecule has 0 saturated carbocycles. The zero-order chi connectivity index (χ0) is 18.8. The van der Waals surface area contributed by atoms with Crippen LogP contribution in [0.1, 0.15) is 40.6 Å². The third-order valence-corrected chi connectivity index (χ3v) is 5.76. The highest BCUT2D eigenvalue weighted by atomic mass is 32.2. The molecule has 1 aliphatic heterocycles. The Hall–Kier alpha value is -2.58. The second-order valence-corrected chi connectivity index (χ2v) is 7.75. The molecule has 3 heterocycles. The van der Waals surface area contributed by atoms with E-state index in [1.54, 1.807) is 18.0 Å². The fourth-order valence-electron chi connectivity index (χ4n) is 3.16. The third-order valence-electron chi connectivity index (χ3n) is 4.70. The summed E-state index contributed by atoms with van der Waals surface area (Å²) in [4.78, 5) is 18.0. The Morgan fingerprint density at radius 1 is 1.37 bits per heavy atom. The summed E-state index contributed by atoms with van der Waals surface area (Å²) in [5, 5.41) is 14.4. The van der Waals surface area contributed by atoms with Crippen molar-refractivity contribution in [3.05, 3.63) is 53.6 Å². The van der Waals surface area contributed by atoms with Crippen LogP contribution >= 0.6 is 11.8 Å². The van der Waals surface area contributed by atoms with Crippen molar-refractivity contribution in [3.63, 3.8) is 0 Å². The van der Waals surface area contributed by atoms with E-state index in [1.807, 2.05) is 49.0 Å². The first-order valence-electron chi connectivity index (χ1n) is 8.96. The van der Waals surface area contributed by atoms with Crippen molar-refractivity contribution >= 4 is 23.4 Å². The monoisotopic (exact) mass is 382 g/mol. The van der Waals surface area contributed by atoms with Crippen LogP contribution in [0.4, 0.5) is 5.69 Å². The Balaban J connectivity index is 1.44. The molecule has 1 fully saturated rings. The van der Waals surface area contributed by atoms with E-state index in [0.29, 0.717) is 5.69 Å². The van der Waals surface area contributed by atoms with Gasteiger partial charge in [-0.1, -0.05) is 11.8 Å². The number of aromatic amines is 1. The van der Waals surface area contributed by atoms with E-state index in [-0.39, 0.29) is 11.9 Å². The number of imidazole rings is 1. The third kappa shape index (κ3) is 3.91. The molecule has 1 amide bonds. The fraction of sp³-hybridized carbons (Fsp3) is 0.316. The maximum absolute atomic E-state index is 12.5. The van der Waals surface area contributed by atoms with Crippen LogP contribution in [-0.4, -0.2) is 32.2 Å². The van der Waals surface area contributed by atoms with Crippen molar-refractivity contribution in [1.82, 2.24) is 25.1 Å². The lowest BCUT2D eigenvalue weighted by Gasteiger charge is -2.09. The summed E-state index contributed by atoms with van der Waals surface area (Å²) < 4.78 is 1.98. The predicted molar refractivity (Wildman–Crippen MR) is 105 cm³/mol. The number of H-pyrrole nitrogens is 1. The maximum atomic E-state index is 12.5. The number of hydrogen-bond donors (Lipinski definition) is 3. The van der Waals surface area contributed by atoms with E-state index in [0.717, 1.165) is 46.4 Å². The molecular weight excluding hydrogens is 360 g/mol. The Morgan fingerprint density at radius 2 is 2.26 bits per heavy atom. The molecule has 1 atom stereocenters. The highest BCUT2D eigenvalue weighted by molar-refractivity contribution is 7.99. The number of carbonyl (C=O) groups is 1. The molecule has 27 heavy (non-hydrogen) atoms. The number of hydrogen-bond acceptors (Lipinski definition) is 5. The summed E-state index contributed by atoms with van der Waals surface area (Å²) in [7, 11) is 1.97. The molecule has 0 aliphatic carbocycles. The van der Waals surface area contributed by atoms with Crippen LogP contribution in [0.2, 0.25) is 0 Å². The van der Waals surface area contributed by atoms with Gasteiger partial charge in [0.1, 0.15) is 0 Å². The van der Waals surface area contributed by atoms with Gasteiger partial charge in [-0.05, 0) is 56.1 Å². The van der Waals surface area contributed by atoms with Gasteiger partial charge in [0.2, 0.25) is 0 Å². The molecule has 0 radical (unpaired) electrons. The summed E-state index contributed by atoms with van der Waals surface area (Å²) in [5.41, 5.74) is 3.16. The van der Waals surface area contributed by atoms with Crippen molar-refractivity contribution in [3.8, 4) is 0 Å². The van der Waals surface area contributed by atoms with Gasteiger partial charge in [-0.2, -0.15) is 5.10 Å². The molecule has 0 spiro atoms. The molecule has 140 valence electrons. The first-order valence-corrected chi connectivity index (χ1v) is 9.77. The van der Waals surface area contributed by atoms with Crippen LogP contribution in [0, 0.1) is 6.92 Å². The lowest BCUT2D eigenvalue weighted by molar-refractivity contribution is 0.102. The van der Waals surface area contributed by atoms with E-state index in [1.165, 1.54) is 0 Å². The Morgan fingerprint density at radius 3 is 2.96 bits per heavy atom. The van der Waals surface area contributed by atoms with E-state index < -0.39 is 0 Å². The quantitative estimate of drug-likeness (QED) is 0.630. The zero-order valence-electron chi connectivity index (χ0n) is 15.3. The summed E-state index contributed by atoms with van der Waals surface area (Å²) in [6, 6.07) is 8.06. The number of aromatic nitrogens is 4. The van der Waals surface area contributed by atoms with E-state index >= 15 is 0 Å². The first-order chi connectivity index (χ1) is 13.1. The highest BCUT2D eigenvalue weighted by Crippen LogP contribution is 2.29. The topological polar surface area (TPSA) is 87.6 Å². The van der Waals surface area contributed by atoms with Crippen molar-refractivity contribution < 1.29 is 4.79 Å². The van der Waals surface area contributed by atoms with Crippen molar-refractivity contribution in [1.29, 1.82) is 0 Å². The minimum Gasteiger partial charge on any atom is -0.329 e. The van der Waals surface area contributed by atoms with Gasteiger partial charge in [0, 0.05) is 36.1 Å². The first kappa shape index (κ1) is 17.8. The molecule has 1 saturated heterocycles. The average Bonchev–Trinajstić information content (AvgIpc) is 3.39. The lowest BCUT2D eigenvalue weighted by atomic mass is 10.1. The summed E-state index contributed by atoms with van der Waals surface area (Å²) in [5.74, 6) is -0.205. The smallest absolute Gasteiger partial charge is 0.276 e. The van der Waals surface area contributed by atoms with Crippen LogP contribution < -0.4 is 10.6 Å². The Labute approximate surface area is 162 Å². The number of rotatable bonds is 5. The number of nitrogens with zero attached hydrogens (tertiary/aromatic N) is 3. The van der Waals surface area contributed by atoms with Crippen molar-refractivity contribution in [2.24, 2.45) is 7.05 Å². The van der Waals surface area contributed by atoms with Crippen molar-refractivity contribution in [2.75, 3.05) is 11.9 Å². The minimum atomic E-state index is -0.205. The van der Waals surface area contributed by atoms with Crippen LogP contribution in [0.5, 0.6) is 0 Å². The maximum Gasteiger partial charge on any atom is 0.276 e. The van der Waals surface area contributed by atoms with E-state index in [9.17, 15) is 4.79 Å². The molecule has 1 unspecified atom stereocenters. The van der Waals surface area contributed by atoms with E-state index in [4.69, 9.17) is 0 Å². The van der Waals surface area contributed by atoms with Crippen molar-refractivity contribution in [2.45, 2.75) is 35.9 Å². The van der Waals surface area contributed by atoms with Gasteiger partial charge < -0.3 is 15.2 Å². The molecular formula is C19H22N6OS. The lowest BCUT2D eigenvalue weighted by Crippen LogP contribution is -2.14. The predicted octanol–water partition coefficient (Wildman–Crippen LogP) is 3.28. The van der Waals surface area contributed by atoms with Gasteiger partial charge in [-0.25, -0.2) is 4.98 Å². The zero-order valence-corrected chi connectivity index (χ0v) is 16.1. The van der Waals surface area contributed by atoms with Crippen LogP contribution in [0.3, 0.4) is 0 Å². The molecule has 2 aromatic heterocycles. The molecule has 8 heteroatoms. The minimum absolute atomic E-state index is 0.205. The number of nitrogens with one attached hydrogen (secondary N) is 3. The number of amides is 1. The Bertz CT molecular complexity index is 957. The standard InChI is InChI=1S/C19H22N6OS/c1-12-10-13(27-19-21-8-9-25(19)2)5-6-14(12)22-18(26)17-11-16(23-24-17)15-4-3-7-20-15/h5-6,8-11,15,20H,3-4,7H2,1-2H3,(H,22,26)(H,23,24). The molecule has 4 rings (SSSR count). The number of benzene rings is 1. The van der Waals surface area contributed by atoms with Gasteiger partial charge in [-0.15, -0.1) is 0 Å². The van der Waals surface area contributed by atoms with Crippen LogP contribution in [0.25, 0.3) is 0 Å². The largest absolute Gasteiger partial charge is 0.329 e. The number of aryl methyl sites for hydroxylation is 2. The highest BCUT2D eigenvalue weighted by Gasteiger charge is 2.20. The number of anilines is 1. The second-order valence-electron chi connectivity index (χ2n) is 6.71. The molecule has 1 aromatic carbocycles. The van der Waals surface area contributed by atoms with E-state index in [2.05, 4.69) is 25.8 Å². The molecule has 3 N–H and O–H groups in total. The fourth-order valence-corrected chi connectivity index (χ4v) is 4.06. The SMILES string of the molecule is Cc1cc(Sc2nccn2C)ccc1NC(=O)c1cc(C2CCCN2)[nH]n1.